The van der Waals surface area contributed by atoms with E-state index in [0.717, 1.165) is 19.3 Å². The van der Waals surface area contributed by atoms with Crippen molar-refractivity contribution < 1.29 is 38.1 Å². The summed E-state index contributed by atoms with van der Waals surface area (Å²) < 4.78 is 30.5. The molecule has 1 unspecified atom stereocenters. The summed E-state index contributed by atoms with van der Waals surface area (Å²) >= 11 is 0. The van der Waals surface area contributed by atoms with Crippen LogP contribution in [0.3, 0.4) is 0 Å². The van der Waals surface area contributed by atoms with E-state index in [-0.39, 0.29) is 18.4 Å². The third-order valence-electron chi connectivity index (χ3n) is 7.65. The van der Waals surface area contributed by atoms with Crippen LogP contribution in [0.4, 0.5) is 9.18 Å². The van der Waals surface area contributed by atoms with Crippen LogP contribution in [0.2, 0.25) is 0 Å². The minimum Gasteiger partial charge on any atom is -0.479 e. The highest BCUT2D eigenvalue weighted by Crippen LogP contribution is 2.68. The van der Waals surface area contributed by atoms with Gasteiger partial charge in [0.25, 0.3) is 0 Å². The van der Waals surface area contributed by atoms with Crippen molar-refractivity contribution in [1.29, 1.82) is 0 Å². The number of carboxylic acid groups (broad SMARTS) is 1. The first kappa shape index (κ1) is 23.8. The fourth-order valence-electron chi connectivity index (χ4n) is 5.73. The van der Waals surface area contributed by atoms with Crippen LogP contribution < -0.4 is 5.73 Å². The zero-order chi connectivity index (χ0) is 23.3. The van der Waals surface area contributed by atoms with Crippen LogP contribution in [-0.4, -0.2) is 46.8 Å². The molecule has 31 heavy (non-hydrogen) atoms. The molecule has 3 N–H and O–H groups in total. The van der Waals surface area contributed by atoms with Crippen molar-refractivity contribution in [1.82, 2.24) is 0 Å². The van der Waals surface area contributed by atoms with Gasteiger partial charge in [0.15, 0.2) is 0 Å². The standard InChI is InChI=1S/C22H34FNO7/c1-10(2)14-7-6-11(3)8-16(14)31-20(28)30-13(5)29-19(27)22(24)12(4)9-15-17(22)21(15,23)18(25)26/h10-17H,6-9,24H2,1-5H3,(H,25,26)/t11-,12-,13-,14?,15-,16-,17+,21-,22+/m1/s1. The van der Waals surface area contributed by atoms with Gasteiger partial charge in [-0.15, -0.1) is 0 Å². The summed E-state index contributed by atoms with van der Waals surface area (Å²) in [5.41, 5.74) is 1.88. The Hall–Kier alpha value is -1.90. The number of ether oxygens (including phenoxy) is 3. The molecule has 3 rings (SSSR count). The van der Waals surface area contributed by atoms with E-state index in [9.17, 15) is 23.9 Å². The van der Waals surface area contributed by atoms with Gasteiger partial charge in [-0.3, -0.25) is 0 Å². The minimum absolute atomic E-state index is 0.173. The van der Waals surface area contributed by atoms with E-state index in [2.05, 4.69) is 20.8 Å². The Labute approximate surface area is 182 Å². The number of hydrogen-bond acceptors (Lipinski definition) is 7. The van der Waals surface area contributed by atoms with E-state index >= 15 is 0 Å². The number of nitrogens with two attached hydrogens (primary N) is 1. The summed E-state index contributed by atoms with van der Waals surface area (Å²) in [6.45, 7) is 9.29. The number of carbonyl (C=O) groups excluding carboxylic acids is 2. The van der Waals surface area contributed by atoms with Gasteiger partial charge in [0.05, 0.1) is 0 Å². The summed E-state index contributed by atoms with van der Waals surface area (Å²) in [7, 11) is 0. The van der Waals surface area contributed by atoms with E-state index in [4.69, 9.17) is 19.9 Å². The van der Waals surface area contributed by atoms with Crippen LogP contribution in [0.1, 0.15) is 60.3 Å². The highest BCUT2D eigenvalue weighted by molar-refractivity contribution is 5.91. The van der Waals surface area contributed by atoms with Gasteiger partial charge in [-0.25, -0.2) is 18.8 Å². The molecule has 9 heteroatoms. The summed E-state index contributed by atoms with van der Waals surface area (Å²) in [6.07, 6.45) is 0.445. The van der Waals surface area contributed by atoms with Crippen LogP contribution in [0.15, 0.2) is 0 Å². The molecule has 3 aliphatic carbocycles. The van der Waals surface area contributed by atoms with Crippen LogP contribution in [-0.2, 0) is 23.8 Å². The number of alkyl halides is 1. The van der Waals surface area contributed by atoms with Crippen molar-refractivity contribution in [2.75, 3.05) is 0 Å². The lowest BCUT2D eigenvalue weighted by atomic mass is 9.75. The van der Waals surface area contributed by atoms with Gasteiger partial charge in [-0.2, -0.15) is 0 Å². The Balaban J connectivity index is 1.58. The Morgan fingerprint density at radius 1 is 1.10 bits per heavy atom. The minimum atomic E-state index is -2.52. The van der Waals surface area contributed by atoms with Gasteiger partial charge in [0.1, 0.15) is 11.6 Å². The van der Waals surface area contributed by atoms with E-state index in [0.29, 0.717) is 11.8 Å². The number of aliphatic carboxylic acids is 1. The largest absolute Gasteiger partial charge is 0.511 e. The van der Waals surface area contributed by atoms with Gasteiger partial charge >= 0.3 is 18.1 Å². The first-order chi connectivity index (χ1) is 14.3. The molecule has 8 nitrogen and oxygen atoms in total. The Morgan fingerprint density at radius 2 is 1.74 bits per heavy atom. The second kappa shape index (κ2) is 8.22. The van der Waals surface area contributed by atoms with E-state index in [1.807, 2.05) is 0 Å². The van der Waals surface area contributed by atoms with Crippen LogP contribution in [0, 0.1) is 35.5 Å². The summed E-state index contributed by atoms with van der Waals surface area (Å²) in [5, 5.41) is 9.19. The molecule has 0 aromatic rings. The van der Waals surface area contributed by atoms with Crippen LogP contribution in [0.25, 0.3) is 0 Å². The van der Waals surface area contributed by atoms with Crippen molar-refractivity contribution in [2.24, 2.45) is 41.2 Å². The lowest BCUT2D eigenvalue weighted by Gasteiger charge is -2.36. The molecule has 3 aliphatic rings. The predicted octanol–water partition coefficient (Wildman–Crippen LogP) is 3.27. The maximum atomic E-state index is 14.7. The third kappa shape index (κ3) is 4.01. The first-order valence-electron chi connectivity index (χ1n) is 11.1. The highest BCUT2D eigenvalue weighted by Gasteiger charge is 2.84. The number of hydrogen-bond donors (Lipinski definition) is 2. The Morgan fingerprint density at radius 3 is 2.32 bits per heavy atom. The Kier molecular flexibility index (Phi) is 6.30. The molecule has 0 aliphatic heterocycles. The summed E-state index contributed by atoms with van der Waals surface area (Å²) in [6, 6.07) is 0. The van der Waals surface area contributed by atoms with Crippen molar-refractivity contribution in [3.8, 4) is 0 Å². The van der Waals surface area contributed by atoms with Crippen LogP contribution >= 0.6 is 0 Å². The average Bonchev–Trinajstić information content (AvgIpc) is 3.14. The van der Waals surface area contributed by atoms with Crippen molar-refractivity contribution in [3.63, 3.8) is 0 Å². The normalized spacial score (nSPS) is 42.5. The second-order valence-electron chi connectivity index (χ2n) is 10.1. The summed E-state index contributed by atoms with van der Waals surface area (Å²) in [4.78, 5) is 36.4. The fraction of sp³-hybridized carbons (Fsp3) is 0.864. The lowest BCUT2D eigenvalue weighted by molar-refractivity contribution is -0.179. The maximum Gasteiger partial charge on any atom is 0.511 e. The topological polar surface area (TPSA) is 125 Å². The molecule has 0 amide bonds. The number of halogens is 1. The lowest BCUT2D eigenvalue weighted by Crippen LogP contribution is -2.57. The molecule has 9 atom stereocenters. The molecular weight excluding hydrogens is 409 g/mol. The van der Waals surface area contributed by atoms with Gasteiger partial charge in [-0.05, 0) is 42.9 Å². The zero-order valence-corrected chi connectivity index (χ0v) is 18.8. The zero-order valence-electron chi connectivity index (χ0n) is 18.8. The molecular formula is C22H34FNO7. The molecule has 0 spiro atoms. The Bertz CT molecular complexity index is 745. The molecule has 0 aromatic carbocycles. The van der Waals surface area contributed by atoms with E-state index in [1.54, 1.807) is 6.92 Å². The van der Waals surface area contributed by atoms with E-state index < -0.39 is 53.3 Å². The molecule has 0 aromatic heterocycles. The van der Waals surface area contributed by atoms with Crippen molar-refractivity contribution in [3.05, 3.63) is 0 Å². The SMILES string of the molecule is CC(C)C1CC[C@@H](C)C[C@H]1OC(=O)O[C@H](C)OC(=O)[C@]1(N)[C@H](C)C[C@@H]2[C@H]1[C@@]2(F)C(=O)O. The number of esters is 1. The number of rotatable bonds is 6. The molecule has 0 saturated heterocycles. The van der Waals surface area contributed by atoms with Gasteiger partial charge in [0.2, 0.25) is 12.0 Å². The number of carboxylic acids is 1. The average molecular weight is 444 g/mol. The monoisotopic (exact) mass is 443 g/mol. The molecule has 176 valence electrons. The molecule has 3 saturated carbocycles. The van der Waals surface area contributed by atoms with Gasteiger partial charge < -0.3 is 25.1 Å². The maximum absolute atomic E-state index is 14.7. The van der Waals surface area contributed by atoms with E-state index in [1.165, 1.54) is 6.92 Å². The molecule has 3 fully saturated rings. The molecule has 0 radical (unpaired) electrons. The number of fused-ring (bicyclic) bond motifs is 1. The van der Waals surface area contributed by atoms with Crippen LogP contribution in [0.5, 0.6) is 0 Å². The number of carbonyl (C=O) groups is 3. The van der Waals surface area contributed by atoms with Crippen molar-refractivity contribution >= 4 is 18.1 Å². The van der Waals surface area contributed by atoms with Gasteiger partial charge in [-0.1, -0.05) is 34.1 Å². The fourth-order valence-corrected chi connectivity index (χ4v) is 5.73. The first-order valence-corrected chi connectivity index (χ1v) is 11.1. The van der Waals surface area contributed by atoms with Crippen molar-refractivity contribution in [2.45, 2.75) is 83.9 Å². The second-order valence-corrected chi connectivity index (χ2v) is 10.1. The highest BCUT2D eigenvalue weighted by atomic mass is 19.1. The summed E-state index contributed by atoms with van der Waals surface area (Å²) in [5.74, 6) is -4.02. The smallest absolute Gasteiger partial charge is 0.479 e. The molecule has 0 heterocycles. The third-order valence-corrected chi connectivity index (χ3v) is 7.65. The molecule has 0 bridgehead atoms. The predicted molar refractivity (Wildman–Crippen MR) is 107 cm³/mol. The quantitative estimate of drug-likeness (QED) is 0.473. The van der Waals surface area contributed by atoms with Gasteiger partial charge in [0, 0.05) is 18.8 Å².